The van der Waals surface area contributed by atoms with Crippen molar-refractivity contribution >= 4 is 16.9 Å². The molecule has 5 heteroatoms. The van der Waals surface area contributed by atoms with E-state index in [-0.39, 0.29) is 5.56 Å². The van der Waals surface area contributed by atoms with Gasteiger partial charge in [-0.25, -0.2) is 4.79 Å². The minimum Gasteiger partial charge on any atom is -0.495 e. The lowest BCUT2D eigenvalue weighted by atomic mass is 10.1. The van der Waals surface area contributed by atoms with E-state index in [1.54, 1.807) is 30.3 Å². The third-order valence-electron chi connectivity index (χ3n) is 3.52. The fourth-order valence-corrected chi connectivity index (χ4v) is 2.42. The number of fused-ring (bicyclic) bond motifs is 1. The summed E-state index contributed by atoms with van der Waals surface area (Å²) in [6, 6.07) is 14.2. The molecular formula is C17H12N2O3. The van der Waals surface area contributed by atoms with Gasteiger partial charge in [0.25, 0.3) is 0 Å². The molecule has 0 spiro atoms. The van der Waals surface area contributed by atoms with Gasteiger partial charge < -0.3 is 14.4 Å². The van der Waals surface area contributed by atoms with Crippen molar-refractivity contribution in [1.29, 1.82) is 5.26 Å². The number of carbonyl (C=O) groups is 1. The van der Waals surface area contributed by atoms with E-state index in [0.717, 1.165) is 16.6 Å². The molecular weight excluding hydrogens is 280 g/mol. The number of nitrogens with zero attached hydrogens (tertiary/aromatic N) is 2. The molecule has 3 rings (SSSR count). The van der Waals surface area contributed by atoms with Gasteiger partial charge in [0.2, 0.25) is 0 Å². The van der Waals surface area contributed by atoms with Gasteiger partial charge in [-0.05, 0) is 36.4 Å². The van der Waals surface area contributed by atoms with E-state index < -0.39 is 5.97 Å². The van der Waals surface area contributed by atoms with Crippen molar-refractivity contribution in [3.8, 4) is 17.5 Å². The normalized spacial score (nSPS) is 10.4. The van der Waals surface area contributed by atoms with Crippen LogP contribution in [0.4, 0.5) is 0 Å². The summed E-state index contributed by atoms with van der Waals surface area (Å²) in [5, 5.41) is 18.9. The lowest BCUT2D eigenvalue weighted by Crippen LogP contribution is -1.97. The maximum absolute atomic E-state index is 11.0. The molecule has 5 nitrogen and oxygen atoms in total. The number of rotatable bonds is 3. The molecule has 0 aliphatic carbocycles. The predicted molar refractivity (Wildman–Crippen MR) is 81.5 cm³/mol. The number of methoxy groups -OCH3 is 1. The van der Waals surface area contributed by atoms with E-state index >= 15 is 0 Å². The third-order valence-corrected chi connectivity index (χ3v) is 3.52. The highest BCUT2D eigenvalue weighted by Crippen LogP contribution is 2.26. The summed E-state index contributed by atoms with van der Waals surface area (Å²) in [5.74, 6) is -0.446. The highest BCUT2D eigenvalue weighted by Gasteiger charge is 2.10. The molecule has 22 heavy (non-hydrogen) atoms. The Bertz CT molecular complexity index is 919. The van der Waals surface area contributed by atoms with Crippen LogP contribution in [-0.2, 0) is 0 Å². The lowest BCUT2D eigenvalue weighted by Gasteiger charge is -2.09. The third kappa shape index (κ3) is 2.17. The number of carboxylic acid groups (broad SMARTS) is 1. The zero-order valence-electron chi connectivity index (χ0n) is 11.8. The summed E-state index contributed by atoms with van der Waals surface area (Å²) < 4.78 is 7.15. The summed E-state index contributed by atoms with van der Waals surface area (Å²) in [6.07, 6.45) is 1.86. The number of ether oxygens (including phenoxy) is 1. The van der Waals surface area contributed by atoms with Crippen LogP contribution in [0.1, 0.15) is 15.9 Å². The zero-order valence-corrected chi connectivity index (χ0v) is 11.8. The van der Waals surface area contributed by atoms with Gasteiger partial charge in [-0.3, -0.25) is 0 Å². The Balaban J connectivity index is 2.15. The quantitative estimate of drug-likeness (QED) is 0.804. The van der Waals surface area contributed by atoms with Crippen LogP contribution in [0.5, 0.6) is 5.75 Å². The fourth-order valence-electron chi connectivity index (χ4n) is 2.42. The Morgan fingerprint density at radius 2 is 2.05 bits per heavy atom. The molecule has 0 radical (unpaired) electrons. The molecule has 2 aromatic carbocycles. The number of hydrogen-bond acceptors (Lipinski definition) is 3. The van der Waals surface area contributed by atoms with Crippen LogP contribution in [0.2, 0.25) is 0 Å². The average molecular weight is 292 g/mol. The van der Waals surface area contributed by atoms with E-state index in [0.29, 0.717) is 11.3 Å². The first-order valence-corrected chi connectivity index (χ1v) is 6.57. The van der Waals surface area contributed by atoms with Crippen molar-refractivity contribution in [3.63, 3.8) is 0 Å². The monoisotopic (exact) mass is 292 g/mol. The summed E-state index contributed by atoms with van der Waals surface area (Å²) in [5.41, 5.74) is 2.45. The topological polar surface area (TPSA) is 75.2 Å². The van der Waals surface area contributed by atoms with Crippen molar-refractivity contribution in [1.82, 2.24) is 4.57 Å². The molecule has 108 valence electrons. The molecule has 0 atom stereocenters. The first kappa shape index (κ1) is 13.7. The molecule has 0 aliphatic heterocycles. The Morgan fingerprint density at radius 1 is 1.23 bits per heavy atom. The summed E-state index contributed by atoms with van der Waals surface area (Å²) in [7, 11) is 1.52. The number of carboxylic acids is 1. The van der Waals surface area contributed by atoms with Crippen LogP contribution in [0.3, 0.4) is 0 Å². The van der Waals surface area contributed by atoms with E-state index in [4.69, 9.17) is 15.1 Å². The molecule has 1 aromatic heterocycles. The fraction of sp³-hybridized carbons (Fsp3) is 0.0588. The molecule has 0 saturated carbocycles. The smallest absolute Gasteiger partial charge is 0.335 e. The second kappa shape index (κ2) is 5.26. The minimum absolute atomic E-state index is 0.252. The second-order valence-electron chi connectivity index (χ2n) is 4.76. The van der Waals surface area contributed by atoms with Gasteiger partial charge in [0.15, 0.2) is 0 Å². The molecule has 0 fully saturated rings. The van der Waals surface area contributed by atoms with E-state index in [1.165, 1.54) is 7.11 Å². The van der Waals surface area contributed by atoms with Crippen molar-refractivity contribution in [3.05, 3.63) is 59.8 Å². The van der Waals surface area contributed by atoms with Crippen LogP contribution in [0.15, 0.2) is 48.7 Å². The second-order valence-corrected chi connectivity index (χ2v) is 4.76. The van der Waals surface area contributed by atoms with Gasteiger partial charge in [-0.1, -0.05) is 0 Å². The minimum atomic E-state index is -0.949. The number of nitriles is 1. The largest absolute Gasteiger partial charge is 0.495 e. The Labute approximate surface area is 126 Å². The molecule has 0 amide bonds. The maximum Gasteiger partial charge on any atom is 0.335 e. The van der Waals surface area contributed by atoms with Gasteiger partial charge in [-0.15, -0.1) is 0 Å². The molecule has 1 N–H and O–H groups in total. The standard InChI is InChI=1S/C17H12N2O3/c1-22-16-9-14(4-2-13(16)10-18)19-7-6-11-8-12(17(20)21)3-5-15(11)19/h2-9H,1H3,(H,20,21). The first-order chi connectivity index (χ1) is 10.6. The Hall–Kier alpha value is -3.26. The average Bonchev–Trinajstić information content (AvgIpc) is 2.97. The molecule has 0 bridgehead atoms. The van der Waals surface area contributed by atoms with Gasteiger partial charge >= 0.3 is 5.97 Å². The zero-order chi connectivity index (χ0) is 15.7. The van der Waals surface area contributed by atoms with Crippen molar-refractivity contribution in [2.45, 2.75) is 0 Å². The number of aromatic nitrogens is 1. The van der Waals surface area contributed by atoms with E-state index in [2.05, 4.69) is 6.07 Å². The van der Waals surface area contributed by atoms with Gasteiger partial charge in [0.05, 0.1) is 23.8 Å². The number of benzene rings is 2. The summed E-state index contributed by atoms with van der Waals surface area (Å²) in [4.78, 5) is 11.0. The van der Waals surface area contributed by atoms with Crippen molar-refractivity contribution in [2.24, 2.45) is 0 Å². The van der Waals surface area contributed by atoms with Crippen LogP contribution < -0.4 is 4.74 Å². The first-order valence-electron chi connectivity index (χ1n) is 6.57. The Morgan fingerprint density at radius 3 is 2.73 bits per heavy atom. The molecule has 0 unspecified atom stereocenters. The molecule has 0 aliphatic rings. The number of aromatic carboxylic acids is 1. The lowest BCUT2D eigenvalue weighted by molar-refractivity contribution is 0.0697. The van der Waals surface area contributed by atoms with Crippen molar-refractivity contribution < 1.29 is 14.6 Å². The van der Waals surface area contributed by atoms with E-state index in [1.807, 2.05) is 22.9 Å². The maximum atomic E-state index is 11.0. The van der Waals surface area contributed by atoms with Gasteiger partial charge in [-0.2, -0.15) is 5.26 Å². The summed E-state index contributed by atoms with van der Waals surface area (Å²) in [6.45, 7) is 0. The van der Waals surface area contributed by atoms with Crippen LogP contribution in [0, 0.1) is 11.3 Å². The highest BCUT2D eigenvalue weighted by molar-refractivity contribution is 5.94. The van der Waals surface area contributed by atoms with Crippen LogP contribution in [0.25, 0.3) is 16.6 Å². The van der Waals surface area contributed by atoms with Gasteiger partial charge in [0, 0.05) is 23.3 Å². The molecule has 3 aromatic rings. The highest BCUT2D eigenvalue weighted by atomic mass is 16.5. The predicted octanol–water partition coefficient (Wildman–Crippen LogP) is 3.21. The van der Waals surface area contributed by atoms with E-state index in [9.17, 15) is 4.79 Å². The van der Waals surface area contributed by atoms with Crippen LogP contribution >= 0.6 is 0 Å². The molecule has 1 heterocycles. The number of hydrogen-bond donors (Lipinski definition) is 1. The van der Waals surface area contributed by atoms with Crippen molar-refractivity contribution in [2.75, 3.05) is 7.11 Å². The molecule has 0 saturated heterocycles. The van der Waals surface area contributed by atoms with Gasteiger partial charge in [0.1, 0.15) is 11.8 Å². The Kier molecular flexibility index (Phi) is 3.28. The SMILES string of the molecule is COc1cc(-n2ccc3cc(C(=O)O)ccc32)ccc1C#N. The van der Waals surface area contributed by atoms with Crippen LogP contribution in [-0.4, -0.2) is 22.8 Å². The summed E-state index contributed by atoms with van der Waals surface area (Å²) >= 11 is 0.